The van der Waals surface area contributed by atoms with E-state index in [4.69, 9.17) is 16.0 Å². The summed E-state index contributed by atoms with van der Waals surface area (Å²) in [5.41, 5.74) is -0.491. The molecule has 0 radical (unpaired) electrons. The maximum Gasteiger partial charge on any atom is 0.251 e. The molecule has 0 fully saturated rings. The van der Waals surface area contributed by atoms with Crippen LogP contribution in [0.1, 0.15) is 22.2 Å². The van der Waals surface area contributed by atoms with Crippen molar-refractivity contribution < 1.29 is 18.4 Å². The Morgan fingerprint density at radius 1 is 1.15 bits per heavy atom. The normalized spacial score (nSPS) is 11.8. The standard InChI is InChI=1S/C19H14ClFN2O4/c20-13-5-8-16(24)23(11-13)17(18(25)12-3-6-14(21)7-4-12)19(26)22-10-15-2-1-9-27-15/h1-9,11,17H,10H2,(H,22,26)/t17-/m0/s1. The molecule has 1 atom stereocenters. The van der Waals surface area contributed by atoms with Gasteiger partial charge in [-0.05, 0) is 42.5 Å². The summed E-state index contributed by atoms with van der Waals surface area (Å²) in [6.07, 6.45) is 2.66. The maximum absolute atomic E-state index is 13.2. The number of nitrogens with zero attached hydrogens (tertiary/aromatic N) is 1. The van der Waals surface area contributed by atoms with Gasteiger partial charge < -0.3 is 9.73 Å². The molecule has 8 heteroatoms. The number of amides is 1. The van der Waals surface area contributed by atoms with Crippen molar-refractivity contribution in [1.29, 1.82) is 0 Å². The quantitative estimate of drug-likeness (QED) is 0.520. The predicted molar refractivity (Wildman–Crippen MR) is 96.0 cm³/mol. The minimum atomic E-state index is -1.50. The number of furan rings is 1. The molecule has 6 nitrogen and oxygen atoms in total. The summed E-state index contributed by atoms with van der Waals surface area (Å²) in [6.45, 7) is 0.0361. The summed E-state index contributed by atoms with van der Waals surface area (Å²) < 4.78 is 19.2. The van der Waals surface area contributed by atoms with Crippen molar-refractivity contribution in [3.63, 3.8) is 0 Å². The lowest BCUT2D eigenvalue weighted by atomic mass is 10.0. The van der Waals surface area contributed by atoms with Gasteiger partial charge in [0.15, 0.2) is 11.8 Å². The Morgan fingerprint density at radius 3 is 2.56 bits per heavy atom. The Bertz CT molecular complexity index is 1010. The van der Waals surface area contributed by atoms with Gasteiger partial charge in [0.25, 0.3) is 11.5 Å². The van der Waals surface area contributed by atoms with Gasteiger partial charge in [-0.3, -0.25) is 19.0 Å². The number of nitrogens with one attached hydrogen (secondary N) is 1. The van der Waals surface area contributed by atoms with Crippen molar-refractivity contribution in [2.75, 3.05) is 0 Å². The van der Waals surface area contributed by atoms with Gasteiger partial charge in [0.05, 0.1) is 17.8 Å². The Kier molecular flexibility index (Phi) is 5.52. The van der Waals surface area contributed by atoms with Gasteiger partial charge in [-0.25, -0.2) is 4.39 Å². The number of aromatic nitrogens is 1. The third-order valence-corrected chi connectivity index (χ3v) is 4.05. The highest BCUT2D eigenvalue weighted by molar-refractivity contribution is 6.30. The van der Waals surface area contributed by atoms with Crippen LogP contribution in [-0.2, 0) is 11.3 Å². The van der Waals surface area contributed by atoms with E-state index < -0.39 is 29.1 Å². The molecule has 1 aromatic carbocycles. The summed E-state index contributed by atoms with van der Waals surface area (Å²) in [5, 5.41) is 2.75. The van der Waals surface area contributed by atoms with E-state index in [1.165, 1.54) is 30.7 Å². The molecule has 0 aliphatic rings. The first-order valence-electron chi connectivity index (χ1n) is 7.93. The highest BCUT2D eigenvalue weighted by Crippen LogP contribution is 2.17. The second kappa shape index (κ2) is 8.01. The molecular weight excluding hydrogens is 375 g/mol. The molecular formula is C19H14ClFN2O4. The predicted octanol–water partition coefficient (Wildman–Crippen LogP) is 2.97. The zero-order valence-electron chi connectivity index (χ0n) is 13.9. The molecule has 0 aliphatic heterocycles. The van der Waals surface area contributed by atoms with Crippen LogP contribution in [0, 0.1) is 5.82 Å². The van der Waals surface area contributed by atoms with Gasteiger partial charge >= 0.3 is 0 Å². The molecule has 0 unspecified atom stereocenters. The Balaban J connectivity index is 1.96. The molecule has 0 saturated carbocycles. The fourth-order valence-electron chi connectivity index (χ4n) is 2.51. The maximum atomic E-state index is 13.2. The lowest BCUT2D eigenvalue weighted by Crippen LogP contribution is -2.41. The summed E-state index contributed by atoms with van der Waals surface area (Å²) in [6, 6.07) is 9.04. The van der Waals surface area contributed by atoms with E-state index in [1.54, 1.807) is 12.1 Å². The van der Waals surface area contributed by atoms with Crippen LogP contribution in [-0.4, -0.2) is 16.3 Å². The van der Waals surface area contributed by atoms with E-state index in [0.717, 1.165) is 22.8 Å². The molecule has 138 valence electrons. The van der Waals surface area contributed by atoms with Crippen molar-refractivity contribution in [3.05, 3.63) is 93.5 Å². The molecule has 3 aromatic rings. The largest absolute Gasteiger partial charge is 0.467 e. The second-order valence-electron chi connectivity index (χ2n) is 5.66. The number of carbonyl (C=O) groups excluding carboxylic acids is 2. The van der Waals surface area contributed by atoms with Crippen molar-refractivity contribution in [2.45, 2.75) is 12.6 Å². The van der Waals surface area contributed by atoms with Crippen molar-refractivity contribution in [1.82, 2.24) is 9.88 Å². The number of carbonyl (C=O) groups is 2. The van der Waals surface area contributed by atoms with E-state index in [9.17, 15) is 18.8 Å². The lowest BCUT2D eigenvalue weighted by molar-refractivity contribution is -0.123. The summed E-state index contributed by atoms with van der Waals surface area (Å²) in [4.78, 5) is 37.9. The molecule has 1 amide bonds. The van der Waals surface area contributed by atoms with Crippen LogP contribution in [0.4, 0.5) is 4.39 Å². The first kappa shape index (κ1) is 18.6. The van der Waals surface area contributed by atoms with Crippen LogP contribution in [0.3, 0.4) is 0 Å². The van der Waals surface area contributed by atoms with E-state index in [1.807, 2.05) is 0 Å². The van der Waals surface area contributed by atoms with E-state index in [0.29, 0.717) is 5.76 Å². The molecule has 1 N–H and O–H groups in total. The molecule has 0 saturated heterocycles. The highest BCUT2D eigenvalue weighted by atomic mass is 35.5. The fraction of sp³-hybridized carbons (Fsp3) is 0.105. The van der Waals surface area contributed by atoms with Crippen LogP contribution in [0.25, 0.3) is 0 Å². The van der Waals surface area contributed by atoms with Gasteiger partial charge in [-0.15, -0.1) is 0 Å². The zero-order chi connectivity index (χ0) is 19.4. The molecule has 0 bridgehead atoms. The molecule has 0 spiro atoms. The Labute approximate surface area is 158 Å². The summed E-state index contributed by atoms with van der Waals surface area (Å²) in [5.74, 6) is -1.43. The first-order valence-corrected chi connectivity index (χ1v) is 8.31. The van der Waals surface area contributed by atoms with Gasteiger partial charge in [-0.2, -0.15) is 0 Å². The van der Waals surface area contributed by atoms with Crippen LogP contribution >= 0.6 is 11.6 Å². The van der Waals surface area contributed by atoms with Gasteiger partial charge in [-0.1, -0.05) is 11.6 Å². The lowest BCUT2D eigenvalue weighted by Gasteiger charge is -2.18. The second-order valence-corrected chi connectivity index (χ2v) is 6.10. The number of Topliss-reactive ketones (excluding diaryl/α,β-unsaturated/α-hetero) is 1. The number of ketones is 1. The average Bonchev–Trinajstić information content (AvgIpc) is 3.17. The van der Waals surface area contributed by atoms with E-state index >= 15 is 0 Å². The van der Waals surface area contributed by atoms with Gasteiger partial charge in [0.2, 0.25) is 0 Å². The third-order valence-electron chi connectivity index (χ3n) is 3.82. The summed E-state index contributed by atoms with van der Waals surface area (Å²) in [7, 11) is 0. The average molecular weight is 389 g/mol. The number of hydrogen-bond acceptors (Lipinski definition) is 4. The number of pyridine rings is 1. The van der Waals surface area contributed by atoms with Crippen molar-refractivity contribution >= 4 is 23.3 Å². The number of rotatable bonds is 6. The van der Waals surface area contributed by atoms with Gasteiger partial charge in [0, 0.05) is 17.8 Å². The number of benzene rings is 1. The smallest absolute Gasteiger partial charge is 0.251 e. The topological polar surface area (TPSA) is 81.3 Å². The number of halogens is 2. The van der Waals surface area contributed by atoms with Gasteiger partial charge in [0.1, 0.15) is 11.6 Å². The molecule has 2 heterocycles. The molecule has 3 rings (SSSR count). The van der Waals surface area contributed by atoms with E-state index in [2.05, 4.69) is 5.32 Å². The van der Waals surface area contributed by atoms with Crippen LogP contribution in [0.15, 0.2) is 70.2 Å². The fourth-order valence-corrected chi connectivity index (χ4v) is 2.67. The number of hydrogen-bond donors (Lipinski definition) is 1. The van der Waals surface area contributed by atoms with Crippen LogP contribution in [0.2, 0.25) is 5.02 Å². The minimum Gasteiger partial charge on any atom is -0.467 e. The molecule has 0 aliphatic carbocycles. The highest BCUT2D eigenvalue weighted by Gasteiger charge is 2.30. The Morgan fingerprint density at radius 2 is 1.89 bits per heavy atom. The minimum absolute atomic E-state index is 0.0361. The van der Waals surface area contributed by atoms with Crippen LogP contribution < -0.4 is 10.9 Å². The van der Waals surface area contributed by atoms with Crippen LogP contribution in [0.5, 0.6) is 0 Å². The Hall–Kier alpha value is -3.19. The van der Waals surface area contributed by atoms with Crippen molar-refractivity contribution in [3.8, 4) is 0 Å². The van der Waals surface area contributed by atoms with Crippen molar-refractivity contribution in [2.24, 2.45) is 0 Å². The zero-order valence-corrected chi connectivity index (χ0v) is 14.7. The molecule has 27 heavy (non-hydrogen) atoms. The SMILES string of the molecule is O=C(NCc1ccco1)[C@H](C(=O)c1ccc(F)cc1)n1cc(Cl)ccc1=O. The molecule has 2 aromatic heterocycles. The van der Waals surface area contributed by atoms with E-state index in [-0.39, 0.29) is 17.1 Å². The monoisotopic (exact) mass is 388 g/mol. The summed E-state index contributed by atoms with van der Waals surface area (Å²) >= 11 is 5.93. The third kappa shape index (κ3) is 4.32. The first-order chi connectivity index (χ1) is 13.0.